The lowest BCUT2D eigenvalue weighted by atomic mass is 9.86. The third-order valence-electron chi connectivity index (χ3n) is 1.75. The molecule has 1 fully saturated rings. The molecule has 0 amide bonds. The minimum absolute atomic E-state index is 0.542. The molecule has 7 heavy (non-hydrogen) atoms. The summed E-state index contributed by atoms with van der Waals surface area (Å²) in [5.74, 6) is 0. The van der Waals surface area contributed by atoms with E-state index in [0.29, 0.717) is 5.41 Å². The van der Waals surface area contributed by atoms with Crippen LogP contribution < -0.4 is 0 Å². The van der Waals surface area contributed by atoms with Crippen LogP contribution in [0.5, 0.6) is 0 Å². The highest BCUT2D eigenvalue weighted by Gasteiger charge is 2.30. The highest BCUT2D eigenvalue weighted by molar-refractivity contribution is 4.78. The molecule has 0 saturated carbocycles. The van der Waals surface area contributed by atoms with Crippen molar-refractivity contribution in [2.75, 3.05) is 13.2 Å². The van der Waals surface area contributed by atoms with Crippen molar-refractivity contribution in [2.24, 2.45) is 5.41 Å². The third kappa shape index (κ3) is 0.778. The first-order chi connectivity index (χ1) is 3.27. The molecule has 1 saturated heterocycles. The van der Waals surface area contributed by atoms with E-state index < -0.39 is 0 Å². The predicted octanol–water partition coefficient (Wildman–Crippen LogP) is 1.43. The normalized spacial score (nSPS) is 26.6. The Balaban J connectivity index is 2.29. The lowest BCUT2D eigenvalue weighted by Crippen LogP contribution is -2.38. The van der Waals surface area contributed by atoms with Gasteiger partial charge in [-0.25, -0.2) is 0 Å². The van der Waals surface area contributed by atoms with Crippen LogP contribution in [-0.4, -0.2) is 13.2 Å². The maximum Gasteiger partial charge on any atom is 0.0542 e. The van der Waals surface area contributed by atoms with Crippen molar-refractivity contribution in [3.8, 4) is 0 Å². The fraction of sp³-hybridized carbons (Fsp3) is 1.00. The summed E-state index contributed by atoms with van der Waals surface area (Å²) in [5, 5.41) is 0. The smallest absolute Gasteiger partial charge is 0.0542 e. The molecule has 0 aromatic heterocycles. The van der Waals surface area contributed by atoms with Crippen LogP contribution >= 0.6 is 0 Å². The number of hydrogen-bond acceptors (Lipinski definition) is 1. The molecule has 1 heteroatoms. The number of hydrogen-bond donors (Lipinski definition) is 0. The van der Waals surface area contributed by atoms with E-state index in [-0.39, 0.29) is 0 Å². The Morgan fingerprint density at radius 2 is 2.14 bits per heavy atom. The van der Waals surface area contributed by atoms with Crippen molar-refractivity contribution in [2.45, 2.75) is 20.3 Å². The summed E-state index contributed by atoms with van der Waals surface area (Å²) in [4.78, 5) is 0. The first-order valence-electron chi connectivity index (χ1n) is 2.85. The van der Waals surface area contributed by atoms with Gasteiger partial charge in [-0.1, -0.05) is 13.8 Å². The Morgan fingerprint density at radius 1 is 1.57 bits per heavy atom. The van der Waals surface area contributed by atoms with Gasteiger partial charge in [0.2, 0.25) is 0 Å². The Morgan fingerprint density at radius 3 is 2.14 bits per heavy atom. The fourth-order valence-electron chi connectivity index (χ4n) is 0.655. The SMILES string of the molecule is CCC1(C)COC1. The molecular weight excluding hydrogens is 88.1 g/mol. The Kier molecular flexibility index (Phi) is 1.08. The van der Waals surface area contributed by atoms with E-state index in [2.05, 4.69) is 13.8 Å². The quantitative estimate of drug-likeness (QED) is 0.484. The molecule has 0 aromatic carbocycles. The van der Waals surface area contributed by atoms with Gasteiger partial charge in [0.1, 0.15) is 0 Å². The van der Waals surface area contributed by atoms with Crippen LogP contribution in [-0.2, 0) is 4.74 Å². The van der Waals surface area contributed by atoms with Crippen molar-refractivity contribution in [1.29, 1.82) is 0 Å². The molecule has 0 unspecified atom stereocenters. The first-order valence-corrected chi connectivity index (χ1v) is 2.85. The molecule has 0 N–H and O–H groups in total. The molecule has 0 atom stereocenters. The zero-order chi connectivity index (χ0) is 5.33. The molecule has 1 rings (SSSR count). The molecule has 0 radical (unpaired) electrons. The maximum atomic E-state index is 5.03. The van der Waals surface area contributed by atoms with E-state index in [1.165, 1.54) is 6.42 Å². The van der Waals surface area contributed by atoms with Gasteiger partial charge in [0, 0.05) is 5.41 Å². The highest BCUT2D eigenvalue weighted by atomic mass is 16.5. The predicted molar refractivity (Wildman–Crippen MR) is 29.2 cm³/mol. The minimum Gasteiger partial charge on any atom is -0.380 e. The van der Waals surface area contributed by atoms with Gasteiger partial charge in [-0.3, -0.25) is 0 Å². The van der Waals surface area contributed by atoms with Gasteiger partial charge in [-0.15, -0.1) is 0 Å². The van der Waals surface area contributed by atoms with Crippen molar-refractivity contribution < 1.29 is 4.74 Å². The lowest BCUT2D eigenvalue weighted by Gasteiger charge is -2.36. The topological polar surface area (TPSA) is 9.23 Å². The third-order valence-corrected chi connectivity index (χ3v) is 1.75. The lowest BCUT2D eigenvalue weighted by molar-refractivity contribution is -0.103. The molecule has 0 aliphatic carbocycles. The summed E-state index contributed by atoms with van der Waals surface area (Å²) in [6.45, 7) is 6.42. The van der Waals surface area contributed by atoms with Crippen molar-refractivity contribution in [1.82, 2.24) is 0 Å². The second kappa shape index (κ2) is 1.48. The van der Waals surface area contributed by atoms with E-state index >= 15 is 0 Å². The molecule has 1 aliphatic rings. The van der Waals surface area contributed by atoms with Gasteiger partial charge < -0.3 is 4.74 Å². The van der Waals surface area contributed by atoms with Crippen LogP contribution in [0.3, 0.4) is 0 Å². The van der Waals surface area contributed by atoms with Crippen molar-refractivity contribution >= 4 is 0 Å². The largest absolute Gasteiger partial charge is 0.380 e. The molecule has 0 spiro atoms. The van der Waals surface area contributed by atoms with Gasteiger partial charge in [-0.2, -0.15) is 0 Å². The average Bonchev–Trinajstić information content (AvgIpc) is 1.61. The van der Waals surface area contributed by atoms with Crippen LogP contribution in [0.15, 0.2) is 0 Å². The zero-order valence-electron chi connectivity index (χ0n) is 5.03. The van der Waals surface area contributed by atoms with Gasteiger partial charge in [0.25, 0.3) is 0 Å². The first kappa shape index (κ1) is 5.10. The molecule has 1 nitrogen and oxygen atoms in total. The Labute approximate surface area is 44.7 Å². The summed E-state index contributed by atoms with van der Waals surface area (Å²) in [7, 11) is 0. The minimum atomic E-state index is 0.542. The molecule has 1 heterocycles. The van der Waals surface area contributed by atoms with Gasteiger partial charge in [0.15, 0.2) is 0 Å². The van der Waals surface area contributed by atoms with Crippen LogP contribution in [0.1, 0.15) is 20.3 Å². The second-order valence-electron chi connectivity index (χ2n) is 2.66. The van der Waals surface area contributed by atoms with E-state index in [9.17, 15) is 0 Å². The zero-order valence-corrected chi connectivity index (χ0v) is 5.03. The van der Waals surface area contributed by atoms with Crippen LogP contribution in [0, 0.1) is 5.41 Å². The van der Waals surface area contributed by atoms with E-state index in [1.807, 2.05) is 0 Å². The monoisotopic (exact) mass is 100 g/mol. The van der Waals surface area contributed by atoms with Crippen LogP contribution in [0.4, 0.5) is 0 Å². The molecule has 42 valence electrons. The molecule has 1 aliphatic heterocycles. The molecule has 0 bridgehead atoms. The average molecular weight is 100 g/mol. The second-order valence-corrected chi connectivity index (χ2v) is 2.66. The fourth-order valence-corrected chi connectivity index (χ4v) is 0.655. The van der Waals surface area contributed by atoms with Gasteiger partial charge in [0.05, 0.1) is 13.2 Å². The van der Waals surface area contributed by atoms with E-state index in [4.69, 9.17) is 4.74 Å². The summed E-state index contributed by atoms with van der Waals surface area (Å²) < 4.78 is 5.03. The van der Waals surface area contributed by atoms with Crippen molar-refractivity contribution in [3.05, 3.63) is 0 Å². The maximum absolute atomic E-state index is 5.03. The summed E-state index contributed by atoms with van der Waals surface area (Å²) in [5.41, 5.74) is 0.542. The van der Waals surface area contributed by atoms with Crippen LogP contribution in [0.25, 0.3) is 0 Å². The molecule has 0 aromatic rings. The number of ether oxygens (including phenoxy) is 1. The summed E-state index contributed by atoms with van der Waals surface area (Å²) in [6.07, 6.45) is 1.26. The molecular formula is C6H12O. The summed E-state index contributed by atoms with van der Waals surface area (Å²) >= 11 is 0. The van der Waals surface area contributed by atoms with E-state index in [1.54, 1.807) is 0 Å². The van der Waals surface area contributed by atoms with Gasteiger partial charge >= 0.3 is 0 Å². The van der Waals surface area contributed by atoms with Crippen molar-refractivity contribution in [3.63, 3.8) is 0 Å². The van der Waals surface area contributed by atoms with E-state index in [0.717, 1.165) is 13.2 Å². The standard InChI is InChI=1S/C6H12O/c1-3-6(2)4-7-5-6/h3-5H2,1-2H3. The summed E-state index contributed by atoms with van der Waals surface area (Å²) in [6, 6.07) is 0. The Bertz CT molecular complexity index is 59.1. The van der Waals surface area contributed by atoms with Gasteiger partial charge in [-0.05, 0) is 6.42 Å². The highest BCUT2D eigenvalue weighted by Crippen LogP contribution is 2.29. The van der Waals surface area contributed by atoms with Crippen LogP contribution in [0.2, 0.25) is 0 Å². The Hall–Kier alpha value is -0.0400. The number of rotatable bonds is 1.